The Kier molecular flexibility index (Phi) is 5.78. The van der Waals surface area contributed by atoms with Gasteiger partial charge in [0.25, 0.3) is 0 Å². The summed E-state index contributed by atoms with van der Waals surface area (Å²) in [5.41, 5.74) is -0.543. The highest BCUT2D eigenvalue weighted by Crippen LogP contribution is 2.43. The van der Waals surface area contributed by atoms with Crippen molar-refractivity contribution in [1.82, 2.24) is 4.90 Å². The van der Waals surface area contributed by atoms with Gasteiger partial charge < -0.3 is 10.0 Å². The quantitative estimate of drug-likeness (QED) is 0.866. The highest BCUT2D eigenvalue weighted by Gasteiger charge is 2.46. The summed E-state index contributed by atoms with van der Waals surface area (Å²) >= 11 is 1.32. The number of benzene rings is 1. The van der Waals surface area contributed by atoms with Gasteiger partial charge in [0.15, 0.2) is 5.60 Å². The van der Waals surface area contributed by atoms with Crippen molar-refractivity contribution in [2.75, 3.05) is 25.4 Å². The monoisotopic (exact) mass is 333 g/mol. The van der Waals surface area contributed by atoms with Crippen LogP contribution in [0.25, 0.3) is 0 Å². The highest BCUT2D eigenvalue weighted by molar-refractivity contribution is 8.13. The summed E-state index contributed by atoms with van der Waals surface area (Å²) in [6.45, 7) is 3.26. The summed E-state index contributed by atoms with van der Waals surface area (Å²) in [4.78, 5) is 15.3. The number of nitrogens with zero attached hydrogens (tertiary/aromatic N) is 1. The Bertz CT molecular complexity index is 509. The van der Waals surface area contributed by atoms with E-state index in [0.717, 1.165) is 56.6 Å². The number of likely N-dealkylation sites (tertiary alicyclic amines) is 1. The third kappa shape index (κ3) is 3.81. The van der Waals surface area contributed by atoms with Crippen LogP contribution in [0, 0.1) is 5.92 Å². The van der Waals surface area contributed by atoms with Crippen molar-refractivity contribution >= 4 is 16.9 Å². The Morgan fingerprint density at radius 3 is 2.43 bits per heavy atom. The van der Waals surface area contributed by atoms with E-state index in [4.69, 9.17) is 0 Å². The Balaban J connectivity index is 1.68. The van der Waals surface area contributed by atoms with Crippen LogP contribution in [0.2, 0.25) is 0 Å². The topological polar surface area (TPSA) is 40.5 Å². The first-order chi connectivity index (χ1) is 11.2. The van der Waals surface area contributed by atoms with E-state index in [0.29, 0.717) is 0 Å². The number of hydrogen-bond donors (Lipinski definition) is 1. The summed E-state index contributed by atoms with van der Waals surface area (Å²) in [5, 5.41) is 11.3. The van der Waals surface area contributed by atoms with Crippen molar-refractivity contribution < 1.29 is 9.90 Å². The zero-order valence-electron chi connectivity index (χ0n) is 13.7. The van der Waals surface area contributed by atoms with Crippen LogP contribution in [0.5, 0.6) is 0 Å². The van der Waals surface area contributed by atoms with Crippen LogP contribution in [-0.4, -0.2) is 40.5 Å². The molecule has 1 saturated carbocycles. The lowest BCUT2D eigenvalue weighted by molar-refractivity contribution is -0.134. The first kappa shape index (κ1) is 17.0. The molecule has 1 aromatic carbocycles. The Labute approximate surface area is 143 Å². The minimum atomic E-state index is -1.31. The summed E-state index contributed by atoms with van der Waals surface area (Å²) < 4.78 is 0. The second-order valence-corrected chi connectivity index (χ2v) is 7.87. The van der Waals surface area contributed by atoms with E-state index in [1.54, 1.807) is 0 Å². The highest BCUT2D eigenvalue weighted by atomic mass is 32.2. The van der Waals surface area contributed by atoms with Gasteiger partial charge >= 0.3 is 0 Å². The lowest BCUT2D eigenvalue weighted by Crippen LogP contribution is -2.41. The molecule has 0 radical (unpaired) electrons. The van der Waals surface area contributed by atoms with E-state index in [1.807, 2.05) is 30.3 Å². The molecule has 126 valence electrons. The van der Waals surface area contributed by atoms with E-state index in [-0.39, 0.29) is 11.0 Å². The van der Waals surface area contributed by atoms with Gasteiger partial charge in [0.05, 0.1) is 0 Å². The number of carbonyl (C=O) groups excluding carboxylic acids is 1. The molecule has 1 atom stereocenters. The first-order valence-electron chi connectivity index (χ1n) is 8.89. The third-order valence-electron chi connectivity index (χ3n) is 5.31. The van der Waals surface area contributed by atoms with Crippen molar-refractivity contribution in [3.05, 3.63) is 35.9 Å². The van der Waals surface area contributed by atoms with Crippen molar-refractivity contribution in [3.8, 4) is 0 Å². The van der Waals surface area contributed by atoms with Crippen LogP contribution < -0.4 is 0 Å². The Morgan fingerprint density at radius 2 is 1.78 bits per heavy atom. The standard InChI is InChI=1S/C19H27NO2S/c21-18(23-15-14-20-12-6-7-13-20)19(22,17-10-4-5-11-17)16-8-2-1-3-9-16/h1-3,8-9,17,22H,4-7,10-15H2/t19-/m1/s1. The largest absolute Gasteiger partial charge is 0.376 e. The molecule has 3 nitrogen and oxygen atoms in total. The summed E-state index contributed by atoms with van der Waals surface area (Å²) in [6, 6.07) is 9.56. The van der Waals surface area contributed by atoms with Crippen molar-refractivity contribution in [3.63, 3.8) is 0 Å². The van der Waals surface area contributed by atoms with Crippen molar-refractivity contribution in [1.29, 1.82) is 0 Å². The van der Waals surface area contributed by atoms with Crippen LogP contribution >= 0.6 is 11.8 Å². The Morgan fingerprint density at radius 1 is 1.13 bits per heavy atom. The smallest absolute Gasteiger partial charge is 0.225 e. The van der Waals surface area contributed by atoms with Crippen LogP contribution in [0.1, 0.15) is 44.1 Å². The molecule has 0 aromatic heterocycles. The molecule has 1 N–H and O–H groups in total. The zero-order chi connectivity index (χ0) is 16.1. The fourth-order valence-corrected chi connectivity index (χ4v) is 4.98. The number of aliphatic hydroxyl groups is 1. The van der Waals surface area contributed by atoms with Crippen molar-refractivity contribution in [2.24, 2.45) is 5.92 Å². The van der Waals surface area contributed by atoms with E-state index in [9.17, 15) is 9.90 Å². The lowest BCUT2D eigenvalue weighted by atomic mass is 9.81. The predicted molar refractivity (Wildman–Crippen MR) is 95.4 cm³/mol. The maximum atomic E-state index is 12.9. The number of carbonyl (C=O) groups is 1. The molecule has 23 heavy (non-hydrogen) atoms. The van der Waals surface area contributed by atoms with Gasteiger partial charge in [-0.05, 0) is 50.3 Å². The maximum absolute atomic E-state index is 12.9. The fraction of sp³-hybridized carbons (Fsp3) is 0.632. The summed E-state index contributed by atoms with van der Waals surface area (Å²) in [5.74, 6) is 0.845. The molecule has 2 aliphatic rings. The summed E-state index contributed by atoms with van der Waals surface area (Å²) in [6.07, 6.45) is 6.67. The SMILES string of the molecule is O=C(SCCN1CCCC1)[C@@](O)(c1ccccc1)C1CCCC1. The van der Waals surface area contributed by atoms with E-state index >= 15 is 0 Å². The van der Waals surface area contributed by atoms with Gasteiger partial charge in [-0.3, -0.25) is 4.79 Å². The van der Waals surface area contributed by atoms with Crippen LogP contribution in [-0.2, 0) is 10.4 Å². The van der Waals surface area contributed by atoms with Gasteiger partial charge in [0.2, 0.25) is 5.12 Å². The number of hydrogen-bond acceptors (Lipinski definition) is 4. The average molecular weight is 333 g/mol. The van der Waals surface area contributed by atoms with Crippen LogP contribution in [0.3, 0.4) is 0 Å². The van der Waals surface area contributed by atoms with Gasteiger partial charge in [0, 0.05) is 12.3 Å². The molecule has 3 rings (SSSR count). The summed E-state index contributed by atoms with van der Waals surface area (Å²) in [7, 11) is 0. The molecule has 0 spiro atoms. The second-order valence-electron chi connectivity index (χ2n) is 6.80. The maximum Gasteiger partial charge on any atom is 0.225 e. The van der Waals surface area contributed by atoms with Gasteiger partial charge in [-0.2, -0.15) is 0 Å². The van der Waals surface area contributed by atoms with Gasteiger partial charge in [-0.25, -0.2) is 0 Å². The van der Waals surface area contributed by atoms with Gasteiger partial charge in [-0.15, -0.1) is 0 Å². The predicted octanol–water partition coefficient (Wildman–Crippen LogP) is 3.42. The zero-order valence-corrected chi connectivity index (χ0v) is 14.6. The molecule has 2 fully saturated rings. The van der Waals surface area contributed by atoms with Crippen molar-refractivity contribution in [2.45, 2.75) is 44.1 Å². The number of thioether (sulfide) groups is 1. The average Bonchev–Trinajstić information content (AvgIpc) is 3.28. The second kappa shape index (κ2) is 7.82. The molecule has 4 heteroatoms. The molecular formula is C19H27NO2S. The lowest BCUT2D eigenvalue weighted by Gasteiger charge is -2.33. The first-order valence-corrected chi connectivity index (χ1v) is 9.87. The minimum Gasteiger partial charge on any atom is -0.376 e. The molecule has 1 heterocycles. The van der Waals surface area contributed by atoms with Crippen LogP contribution in [0.4, 0.5) is 0 Å². The fourth-order valence-electron chi connectivity index (χ4n) is 3.94. The Hall–Kier alpha value is -0.840. The third-order valence-corrected chi connectivity index (χ3v) is 6.27. The number of rotatable bonds is 6. The molecule has 0 unspecified atom stereocenters. The van der Waals surface area contributed by atoms with E-state index < -0.39 is 5.60 Å². The molecule has 0 bridgehead atoms. The normalized spacial score (nSPS) is 22.3. The molecule has 1 saturated heterocycles. The van der Waals surface area contributed by atoms with E-state index in [2.05, 4.69) is 4.90 Å². The van der Waals surface area contributed by atoms with Gasteiger partial charge in [0.1, 0.15) is 0 Å². The molecule has 1 aliphatic heterocycles. The molecule has 1 aromatic rings. The molecule has 0 amide bonds. The van der Waals surface area contributed by atoms with Crippen LogP contribution in [0.15, 0.2) is 30.3 Å². The molecule has 1 aliphatic carbocycles. The molecular weight excluding hydrogens is 306 g/mol. The minimum absolute atomic E-state index is 0.0604. The van der Waals surface area contributed by atoms with Gasteiger partial charge in [-0.1, -0.05) is 54.9 Å². The van der Waals surface area contributed by atoms with E-state index in [1.165, 1.54) is 24.6 Å².